The van der Waals surface area contributed by atoms with Gasteiger partial charge in [0.15, 0.2) is 6.29 Å². The third-order valence-corrected chi connectivity index (χ3v) is 7.20. The van der Waals surface area contributed by atoms with E-state index < -0.39 is 6.29 Å². The zero-order valence-corrected chi connectivity index (χ0v) is 21.6. The largest absolute Gasteiger partial charge is 0.374 e. The van der Waals surface area contributed by atoms with Crippen LogP contribution in [-0.2, 0) is 16.1 Å². The minimum absolute atomic E-state index is 0.288. The lowest BCUT2D eigenvalue weighted by Gasteiger charge is -2.28. The van der Waals surface area contributed by atoms with E-state index in [1.54, 1.807) is 0 Å². The number of ether oxygens (including phenoxy) is 2. The van der Waals surface area contributed by atoms with E-state index in [1.165, 1.54) is 108 Å². The molecule has 1 N–H and O–H groups in total. The van der Waals surface area contributed by atoms with Crippen molar-refractivity contribution < 1.29 is 14.6 Å². The number of aliphatic hydroxyl groups is 1. The van der Waals surface area contributed by atoms with Crippen molar-refractivity contribution in [3.63, 3.8) is 0 Å². The van der Waals surface area contributed by atoms with E-state index in [0.717, 1.165) is 19.3 Å². The number of hydrogen-bond donors (Lipinski definition) is 1. The van der Waals surface area contributed by atoms with Gasteiger partial charge in [0.2, 0.25) is 0 Å². The Balaban J connectivity index is 1.42. The molecule has 0 bridgehead atoms. The Hall–Kier alpha value is -0.900. The zero-order valence-electron chi connectivity index (χ0n) is 21.6. The van der Waals surface area contributed by atoms with E-state index in [4.69, 9.17) is 9.47 Å². The summed E-state index contributed by atoms with van der Waals surface area (Å²) in [7, 11) is 0. The molecule has 1 heterocycles. The first kappa shape index (κ1) is 28.3. The van der Waals surface area contributed by atoms with Gasteiger partial charge < -0.3 is 14.6 Å². The zero-order chi connectivity index (χ0) is 23.5. The van der Waals surface area contributed by atoms with Crippen LogP contribution in [0.4, 0.5) is 0 Å². The smallest absolute Gasteiger partial charge is 0.155 e. The van der Waals surface area contributed by atoms with Gasteiger partial charge in [-0.2, -0.15) is 0 Å². The molecule has 0 aromatic heterocycles. The third kappa shape index (κ3) is 13.5. The van der Waals surface area contributed by atoms with Gasteiger partial charge >= 0.3 is 0 Å². The Kier molecular flexibility index (Phi) is 15.8. The highest BCUT2D eigenvalue weighted by Crippen LogP contribution is 2.34. The summed E-state index contributed by atoms with van der Waals surface area (Å²) in [5.41, 5.74) is 0.901. The van der Waals surface area contributed by atoms with E-state index in [-0.39, 0.29) is 5.60 Å². The Morgan fingerprint density at radius 3 is 1.79 bits per heavy atom. The maximum Gasteiger partial charge on any atom is 0.155 e. The summed E-state index contributed by atoms with van der Waals surface area (Å²) in [4.78, 5) is 0. The van der Waals surface area contributed by atoms with Crippen LogP contribution >= 0.6 is 0 Å². The summed E-state index contributed by atoms with van der Waals surface area (Å²) >= 11 is 0. The van der Waals surface area contributed by atoms with E-state index in [2.05, 4.69) is 19.1 Å². The van der Waals surface area contributed by atoms with Gasteiger partial charge in [0.25, 0.3) is 0 Å². The van der Waals surface area contributed by atoms with Crippen molar-refractivity contribution in [2.45, 2.75) is 147 Å². The second-order valence-electron chi connectivity index (χ2n) is 10.3. The lowest BCUT2D eigenvalue weighted by molar-refractivity contribution is -0.164. The molecule has 1 fully saturated rings. The van der Waals surface area contributed by atoms with Crippen LogP contribution in [0.25, 0.3) is 0 Å². The SMILES string of the molecule is CCCCCCCCCCCCCCCCCCC1(COCc2ccccc2)CCC(O)O1. The van der Waals surface area contributed by atoms with Crippen LogP contribution in [0.2, 0.25) is 0 Å². The predicted molar refractivity (Wildman–Crippen MR) is 139 cm³/mol. The Bertz CT molecular complexity index is 561. The van der Waals surface area contributed by atoms with Crippen molar-refractivity contribution in [1.82, 2.24) is 0 Å². The fourth-order valence-corrected chi connectivity index (χ4v) is 5.08. The minimum Gasteiger partial charge on any atom is -0.374 e. The maximum atomic E-state index is 9.94. The molecule has 2 rings (SSSR count). The molecule has 0 amide bonds. The molecule has 0 radical (unpaired) electrons. The average molecular weight is 461 g/mol. The highest BCUT2D eigenvalue weighted by molar-refractivity contribution is 5.13. The molecule has 1 aliphatic heterocycles. The highest BCUT2D eigenvalue weighted by atomic mass is 16.6. The molecule has 2 unspecified atom stereocenters. The van der Waals surface area contributed by atoms with Gasteiger partial charge in [0, 0.05) is 6.42 Å². The monoisotopic (exact) mass is 460 g/mol. The van der Waals surface area contributed by atoms with Gasteiger partial charge in [-0.3, -0.25) is 0 Å². The molecule has 1 aliphatic rings. The van der Waals surface area contributed by atoms with Crippen molar-refractivity contribution in [3.05, 3.63) is 35.9 Å². The van der Waals surface area contributed by atoms with E-state index >= 15 is 0 Å². The van der Waals surface area contributed by atoms with Crippen LogP contribution in [0.3, 0.4) is 0 Å². The molecule has 1 aromatic carbocycles. The summed E-state index contributed by atoms with van der Waals surface area (Å²) in [5, 5.41) is 9.94. The topological polar surface area (TPSA) is 38.7 Å². The minimum atomic E-state index is -0.619. The predicted octanol–water partition coefficient (Wildman–Crippen LogP) is 8.72. The number of hydrogen-bond acceptors (Lipinski definition) is 3. The molecule has 0 spiro atoms. The molecular formula is C30H52O3. The molecule has 1 saturated heterocycles. The van der Waals surface area contributed by atoms with Crippen molar-refractivity contribution in [3.8, 4) is 0 Å². The van der Waals surface area contributed by atoms with Crippen molar-refractivity contribution in [2.75, 3.05) is 6.61 Å². The third-order valence-electron chi connectivity index (χ3n) is 7.20. The second-order valence-corrected chi connectivity index (χ2v) is 10.3. The number of unbranched alkanes of at least 4 members (excludes halogenated alkanes) is 15. The van der Waals surface area contributed by atoms with E-state index in [0.29, 0.717) is 13.2 Å². The van der Waals surface area contributed by atoms with Crippen LogP contribution in [-0.4, -0.2) is 23.6 Å². The molecule has 3 heteroatoms. The van der Waals surface area contributed by atoms with E-state index in [9.17, 15) is 5.11 Å². The Morgan fingerprint density at radius 1 is 0.788 bits per heavy atom. The van der Waals surface area contributed by atoms with Gasteiger partial charge in [-0.15, -0.1) is 0 Å². The average Bonchev–Trinajstić information content (AvgIpc) is 3.20. The molecule has 3 nitrogen and oxygen atoms in total. The molecule has 2 atom stereocenters. The maximum absolute atomic E-state index is 9.94. The first-order chi connectivity index (χ1) is 16.2. The normalized spacial score (nSPS) is 20.5. The lowest BCUT2D eigenvalue weighted by Crippen LogP contribution is -2.35. The first-order valence-electron chi connectivity index (χ1n) is 14.2. The quantitative estimate of drug-likeness (QED) is 0.186. The lowest BCUT2D eigenvalue weighted by atomic mass is 9.93. The molecule has 1 aromatic rings. The van der Waals surface area contributed by atoms with Gasteiger partial charge in [-0.1, -0.05) is 140 Å². The summed E-state index contributed by atoms with van der Waals surface area (Å²) in [6.07, 6.45) is 24.2. The van der Waals surface area contributed by atoms with Crippen LogP contribution < -0.4 is 0 Å². The number of aliphatic hydroxyl groups excluding tert-OH is 1. The fourth-order valence-electron chi connectivity index (χ4n) is 5.08. The van der Waals surface area contributed by atoms with Crippen molar-refractivity contribution in [2.24, 2.45) is 0 Å². The van der Waals surface area contributed by atoms with Crippen LogP contribution in [0.15, 0.2) is 30.3 Å². The highest BCUT2D eigenvalue weighted by Gasteiger charge is 2.39. The van der Waals surface area contributed by atoms with Gasteiger partial charge in [0.05, 0.1) is 18.8 Å². The van der Waals surface area contributed by atoms with Crippen LogP contribution in [0, 0.1) is 0 Å². The molecular weight excluding hydrogens is 408 g/mol. The number of rotatable bonds is 21. The first-order valence-corrected chi connectivity index (χ1v) is 14.2. The molecule has 190 valence electrons. The summed E-state index contributed by atoms with van der Waals surface area (Å²) < 4.78 is 11.9. The molecule has 0 aliphatic carbocycles. The van der Waals surface area contributed by atoms with E-state index in [1.807, 2.05) is 18.2 Å². The summed E-state index contributed by atoms with van der Waals surface area (Å²) in [6.45, 7) is 3.48. The summed E-state index contributed by atoms with van der Waals surface area (Å²) in [5.74, 6) is 0. The van der Waals surface area contributed by atoms with Gasteiger partial charge in [-0.05, 0) is 18.4 Å². The fraction of sp³-hybridized carbons (Fsp3) is 0.800. The summed E-state index contributed by atoms with van der Waals surface area (Å²) in [6, 6.07) is 10.3. The van der Waals surface area contributed by atoms with Crippen molar-refractivity contribution in [1.29, 1.82) is 0 Å². The van der Waals surface area contributed by atoms with Crippen LogP contribution in [0.1, 0.15) is 134 Å². The van der Waals surface area contributed by atoms with Crippen LogP contribution in [0.5, 0.6) is 0 Å². The Labute approximate surface area is 204 Å². The second kappa shape index (κ2) is 18.4. The number of benzene rings is 1. The Morgan fingerprint density at radius 2 is 1.30 bits per heavy atom. The standard InChI is InChI=1S/C30H52O3/c1-2-3-4-5-6-7-8-9-10-11-12-13-14-15-16-20-24-30(25-23-29(31)33-30)27-32-26-28-21-18-17-19-22-28/h17-19,21-22,29,31H,2-16,20,23-27H2,1H3. The van der Waals surface area contributed by atoms with Gasteiger partial charge in [0.1, 0.15) is 0 Å². The molecule has 33 heavy (non-hydrogen) atoms. The van der Waals surface area contributed by atoms with Crippen molar-refractivity contribution >= 4 is 0 Å². The van der Waals surface area contributed by atoms with Gasteiger partial charge in [-0.25, -0.2) is 0 Å². The molecule has 0 saturated carbocycles.